The average Bonchev–Trinajstić information content (AvgIpc) is 3.13. The number of carbonyl (C=O) groups is 1. The summed E-state index contributed by atoms with van der Waals surface area (Å²) in [5.74, 6) is 0.674. The largest absolute Gasteiger partial charge is 0.504 e. The van der Waals surface area contributed by atoms with Crippen molar-refractivity contribution in [3.8, 4) is 22.9 Å². The lowest BCUT2D eigenvalue weighted by atomic mass is 10.1. The van der Waals surface area contributed by atoms with Gasteiger partial charge in [0.05, 0.1) is 18.1 Å². The molecule has 0 aliphatic heterocycles. The fourth-order valence-corrected chi connectivity index (χ4v) is 2.86. The molecule has 4 rings (SSSR count). The molecule has 1 amide bonds. The Morgan fingerprint density at radius 1 is 1.07 bits per heavy atom. The number of aromatic hydroxyl groups is 1. The molecule has 1 aromatic heterocycles. The number of methoxy groups -OCH3 is 1. The van der Waals surface area contributed by atoms with E-state index < -0.39 is 0 Å². The van der Waals surface area contributed by atoms with Crippen LogP contribution >= 0.6 is 0 Å². The van der Waals surface area contributed by atoms with Gasteiger partial charge in [0.2, 0.25) is 0 Å². The molecule has 3 N–H and O–H groups in total. The van der Waals surface area contributed by atoms with E-state index in [-0.39, 0.29) is 17.4 Å². The van der Waals surface area contributed by atoms with Gasteiger partial charge in [-0.05, 0) is 42.5 Å². The summed E-state index contributed by atoms with van der Waals surface area (Å²) >= 11 is 0. The number of carbonyl (C=O) groups excluding carboxylic acids is 1. The summed E-state index contributed by atoms with van der Waals surface area (Å²) in [6.07, 6.45) is 0. The van der Waals surface area contributed by atoms with Crippen molar-refractivity contribution in [1.29, 1.82) is 0 Å². The number of imidazole rings is 1. The fraction of sp³-hybridized carbons (Fsp3) is 0.0476. The highest BCUT2D eigenvalue weighted by Crippen LogP contribution is 2.27. The summed E-state index contributed by atoms with van der Waals surface area (Å²) < 4.78 is 5.05. The standard InChI is InChI=1S/C21H17N3O3/c1-27-19-12-14(9-10-18(19)25)21(26)22-15-6-4-5-13(11-15)20-23-16-7-2-3-8-17(16)24-20/h2-12,25H,1H3,(H,22,26)(H,23,24). The van der Waals surface area contributed by atoms with Crippen LogP contribution in [0.2, 0.25) is 0 Å². The number of benzene rings is 3. The Morgan fingerprint density at radius 3 is 2.74 bits per heavy atom. The highest BCUT2D eigenvalue weighted by atomic mass is 16.5. The predicted molar refractivity (Wildman–Crippen MR) is 104 cm³/mol. The maximum atomic E-state index is 12.5. The summed E-state index contributed by atoms with van der Waals surface area (Å²) in [6.45, 7) is 0. The van der Waals surface area contributed by atoms with Crippen LogP contribution in [0, 0.1) is 0 Å². The van der Waals surface area contributed by atoms with Crippen LogP contribution < -0.4 is 10.1 Å². The molecule has 6 nitrogen and oxygen atoms in total. The minimum absolute atomic E-state index is 0.0130. The number of ether oxygens (including phenoxy) is 1. The number of H-pyrrole nitrogens is 1. The number of nitrogens with zero attached hydrogens (tertiary/aromatic N) is 1. The molecule has 1 heterocycles. The molecule has 27 heavy (non-hydrogen) atoms. The van der Waals surface area contributed by atoms with Gasteiger partial charge < -0.3 is 20.1 Å². The second kappa shape index (κ2) is 6.84. The first kappa shape index (κ1) is 16.7. The van der Waals surface area contributed by atoms with Crippen molar-refractivity contribution in [2.45, 2.75) is 0 Å². The number of phenols is 1. The van der Waals surface area contributed by atoms with Crippen molar-refractivity contribution < 1.29 is 14.6 Å². The van der Waals surface area contributed by atoms with E-state index in [1.54, 1.807) is 0 Å². The maximum Gasteiger partial charge on any atom is 0.255 e. The lowest BCUT2D eigenvalue weighted by Gasteiger charge is -2.09. The molecule has 0 fully saturated rings. The Morgan fingerprint density at radius 2 is 1.93 bits per heavy atom. The molecular weight excluding hydrogens is 342 g/mol. The van der Waals surface area contributed by atoms with Gasteiger partial charge >= 0.3 is 0 Å². The number of hydrogen-bond donors (Lipinski definition) is 3. The summed E-state index contributed by atoms with van der Waals surface area (Å²) in [7, 11) is 1.44. The van der Waals surface area contributed by atoms with Crippen molar-refractivity contribution in [3.05, 3.63) is 72.3 Å². The minimum Gasteiger partial charge on any atom is -0.504 e. The first-order valence-corrected chi connectivity index (χ1v) is 8.37. The molecule has 0 spiro atoms. The van der Waals surface area contributed by atoms with Gasteiger partial charge in [-0.15, -0.1) is 0 Å². The molecule has 4 aromatic rings. The Labute approximate surface area is 155 Å². The van der Waals surface area contributed by atoms with Crippen molar-refractivity contribution in [1.82, 2.24) is 9.97 Å². The smallest absolute Gasteiger partial charge is 0.255 e. The Balaban J connectivity index is 1.60. The van der Waals surface area contributed by atoms with E-state index in [1.165, 1.54) is 25.3 Å². The zero-order chi connectivity index (χ0) is 18.8. The number of aromatic nitrogens is 2. The number of amides is 1. The van der Waals surface area contributed by atoms with E-state index in [1.807, 2.05) is 48.5 Å². The number of rotatable bonds is 4. The number of phenolic OH excluding ortho intramolecular Hbond substituents is 1. The average molecular weight is 359 g/mol. The number of hydrogen-bond acceptors (Lipinski definition) is 4. The SMILES string of the molecule is COc1cc(C(=O)Nc2cccc(-c3nc4ccccc4[nH]3)c2)ccc1O. The Hall–Kier alpha value is -3.80. The van der Waals surface area contributed by atoms with Crippen LogP contribution in [0.15, 0.2) is 66.7 Å². The van der Waals surface area contributed by atoms with Crippen molar-refractivity contribution >= 4 is 22.6 Å². The predicted octanol–water partition coefficient (Wildman–Crippen LogP) is 4.20. The molecule has 6 heteroatoms. The van der Waals surface area contributed by atoms with E-state index in [2.05, 4.69) is 15.3 Å². The number of aromatic amines is 1. The van der Waals surface area contributed by atoms with E-state index >= 15 is 0 Å². The van der Waals surface area contributed by atoms with Crippen molar-refractivity contribution in [2.24, 2.45) is 0 Å². The highest BCUT2D eigenvalue weighted by Gasteiger charge is 2.11. The summed E-state index contributed by atoms with van der Waals surface area (Å²) in [5.41, 5.74) is 3.74. The lowest BCUT2D eigenvalue weighted by molar-refractivity contribution is 0.102. The van der Waals surface area contributed by atoms with Gasteiger partial charge in [0.1, 0.15) is 5.82 Å². The number of nitrogens with one attached hydrogen (secondary N) is 2. The van der Waals surface area contributed by atoms with Gasteiger partial charge in [0.15, 0.2) is 11.5 Å². The molecule has 0 bridgehead atoms. The van der Waals surface area contributed by atoms with Gasteiger partial charge in [-0.1, -0.05) is 24.3 Å². The minimum atomic E-state index is -0.296. The van der Waals surface area contributed by atoms with E-state index in [0.29, 0.717) is 11.3 Å². The molecule has 3 aromatic carbocycles. The van der Waals surface area contributed by atoms with E-state index in [0.717, 1.165) is 22.4 Å². The highest BCUT2D eigenvalue weighted by molar-refractivity contribution is 6.05. The van der Waals surface area contributed by atoms with Gasteiger partial charge in [0.25, 0.3) is 5.91 Å². The zero-order valence-electron chi connectivity index (χ0n) is 14.6. The normalized spacial score (nSPS) is 10.7. The molecule has 0 aliphatic carbocycles. The molecule has 0 atom stereocenters. The number of fused-ring (bicyclic) bond motifs is 1. The third-order valence-electron chi connectivity index (χ3n) is 4.23. The topological polar surface area (TPSA) is 87.2 Å². The van der Waals surface area contributed by atoms with Gasteiger partial charge in [-0.2, -0.15) is 0 Å². The van der Waals surface area contributed by atoms with Crippen molar-refractivity contribution in [3.63, 3.8) is 0 Å². The van der Waals surface area contributed by atoms with Gasteiger partial charge in [-0.25, -0.2) is 4.98 Å². The van der Waals surface area contributed by atoms with Gasteiger partial charge in [0, 0.05) is 16.8 Å². The number of anilines is 1. The second-order valence-corrected chi connectivity index (χ2v) is 6.02. The van der Waals surface area contributed by atoms with Crippen molar-refractivity contribution in [2.75, 3.05) is 12.4 Å². The molecule has 0 aliphatic rings. The molecule has 134 valence electrons. The molecule has 0 unspecified atom stereocenters. The van der Waals surface area contributed by atoms with Crippen LogP contribution in [-0.4, -0.2) is 28.1 Å². The lowest BCUT2D eigenvalue weighted by Crippen LogP contribution is -2.12. The third kappa shape index (κ3) is 3.32. The number of para-hydroxylation sites is 2. The molecule has 0 saturated heterocycles. The Bertz CT molecular complexity index is 1100. The summed E-state index contributed by atoms with van der Waals surface area (Å²) in [5, 5.41) is 12.5. The van der Waals surface area contributed by atoms with Crippen LogP contribution in [0.3, 0.4) is 0 Å². The second-order valence-electron chi connectivity index (χ2n) is 6.02. The molecular formula is C21H17N3O3. The monoisotopic (exact) mass is 359 g/mol. The van der Waals surface area contributed by atoms with Crippen LogP contribution in [0.25, 0.3) is 22.4 Å². The first-order chi connectivity index (χ1) is 13.1. The molecule has 0 saturated carbocycles. The van der Waals surface area contributed by atoms with E-state index in [9.17, 15) is 9.90 Å². The van der Waals surface area contributed by atoms with Crippen LogP contribution in [-0.2, 0) is 0 Å². The Kier molecular flexibility index (Phi) is 4.22. The van der Waals surface area contributed by atoms with Crippen LogP contribution in [0.1, 0.15) is 10.4 Å². The zero-order valence-corrected chi connectivity index (χ0v) is 14.6. The first-order valence-electron chi connectivity index (χ1n) is 8.37. The fourth-order valence-electron chi connectivity index (χ4n) is 2.86. The summed E-state index contributed by atoms with van der Waals surface area (Å²) in [4.78, 5) is 20.4. The van der Waals surface area contributed by atoms with E-state index in [4.69, 9.17) is 4.74 Å². The third-order valence-corrected chi connectivity index (χ3v) is 4.23. The summed E-state index contributed by atoms with van der Waals surface area (Å²) in [6, 6.07) is 19.7. The maximum absolute atomic E-state index is 12.5. The van der Waals surface area contributed by atoms with Crippen LogP contribution in [0.5, 0.6) is 11.5 Å². The van der Waals surface area contributed by atoms with Gasteiger partial charge in [-0.3, -0.25) is 4.79 Å². The molecule has 0 radical (unpaired) electrons. The quantitative estimate of drug-likeness (QED) is 0.510. The van der Waals surface area contributed by atoms with Crippen LogP contribution in [0.4, 0.5) is 5.69 Å².